The van der Waals surface area contributed by atoms with Crippen molar-refractivity contribution in [3.05, 3.63) is 48.3 Å². The molecule has 0 aliphatic carbocycles. The first-order valence-corrected chi connectivity index (χ1v) is 12.4. The second-order valence-corrected chi connectivity index (χ2v) is 10.5. The van der Waals surface area contributed by atoms with E-state index in [-0.39, 0.29) is 4.90 Å². The zero-order valence-electron chi connectivity index (χ0n) is 18.5. The molecule has 1 aliphatic rings. The number of anilines is 3. The van der Waals surface area contributed by atoms with Crippen molar-refractivity contribution in [1.82, 2.24) is 14.9 Å². The Bertz CT molecular complexity index is 1200. The molecule has 3 aromatic rings. The number of nitrogens with zero attached hydrogens (tertiary/aromatic N) is 4. The predicted octanol–water partition coefficient (Wildman–Crippen LogP) is 3.62. The summed E-state index contributed by atoms with van der Waals surface area (Å²) < 4.78 is 24.0. The highest BCUT2D eigenvalue weighted by molar-refractivity contribution is 7.90. The molecule has 1 fully saturated rings. The van der Waals surface area contributed by atoms with Crippen LogP contribution in [0.4, 0.5) is 17.2 Å². The highest BCUT2D eigenvalue weighted by atomic mass is 32.2. The Morgan fingerprint density at radius 2 is 1.74 bits per heavy atom. The minimum atomic E-state index is -3.32. The number of sulfone groups is 1. The van der Waals surface area contributed by atoms with Crippen LogP contribution in [0.25, 0.3) is 10.9 Å². The lowest BCUT2D eigenvalue weighted by atomic mass is 10.1. The third kappa shape index (κ3) is 4.80. The van der Waals surface area contributed by atoms with Crippen LogP contribution in [0.2, 0.25) is 0 Å². The Labute approximate surface area is 184 Å². The van der Waals surface area contributed by atoms with Crippen LogP contribution in [0.5, 0.6) is 0 Å². The van der Waals surface area contributed by atoms with E-state index in [4.69, 9.17) is 0 Å². The number of aromatic nitrogens is 2. The molecule has 164 valence electrons. The van der Waals surface area contributed by atoms with Crippen molar-refractivity contribution >= 4 is 37.9 Å². The number of aryl methyl sites for hydroxylation is 1. The molecule has 1 saturated heterocycles. The average Bonchev–Trinajstić information content (AvgIpc) is 2.72. The highest BCUT2D eigenvalue weighted by Crippen LogP contribution is 2.29. The molecule has 0 atom stereocenters. The lowest BCUT2D eigenvalue weighted by Gasteiger charge is -2.38. The van der Waals surface area contributed by atoms with Crippen LogP contribution in [-0.2, 0) is 9.84 Å². The number of nitrogens with one attached hydrogen (secondary N) is 1. The largest absolute Gasteiger partial charge is 0.369 e. The molecule has 0 amide bonds. The molecule has 7 nitrogen and oxygen atoms in total. The van der Waals surface area contributed by atoms with Gasteiger partial charge in [-0.1, -0.05) is 0 Å². The van der Waals surface area contributed by atoms with Crippen molar-refractivity contribution < 1.29 is 8.42 Å². The topological polar surface area (TPSA) is 78.4 Å². The van der Waals surface area contributed by atoms with Crippen molar-refractivity contribution in [2.75, 3.05) is 42.7 Å². The second kappa shape index (κ2) is 8.43. The Kier molecular flexibility index (Phi) is 5.85. The van der Waals surface area contributed by atoms with Gasteiger partial charge in [0.05, 0.1) is 10.4 Å². The SMILES string of the molecule is Cc1cc(Nc2ncnc3ccc(S(C)(=O)=O)cc23)cc(N2CCN(C(C)C)CC2)c1. The van der Waals surface area contributed by atoms with Gasteiger partial charge in [0.2, 0.25) is 0 Å². The zero-order valence-corrected chi connectivity index (χ0v) is 19.3. The van der Waals surface area contributed by atoms with Crippen LogP contribution in [0.1, 0.15) is 19.4 Å². The quantitative estimate of drug-likeness (QED) is 0.650. The Balaban J connectivity index is 1.64. The molecule has 2 heterocycles. The molecule has 0 spiro atoms. The maximum absolute atomic E-state index is 12.0. The van der Waals surface area contributed by atoms with Gasteiger partial charge in [0, 0.05) is 55.2 Å². The summed E-state index contributed by atoms with van der Waals surface area (Å²) in [6.07, 6.45) is 2.70. The smallest absolute Gasteiger partial charge is 0.175 e. The fourth-order valence-corrected chi connectivity index (χ4v) is 4.66. The van der Waals surface area contributed by atoms with E-state index in [1.807, 2.05) is 0 Å². The highest BCUT2D eigenvalue weighted by Gasteiger charge is 2.19. The number of hydrogen-bond acceptors (Lipinski definition) is 7. The van der Waals surface area contributed by atoms with E-state index in [0.29, 0.717) is 22.8 Å². The maximum Gasteiger partial charge on any atom is 0.175 e. The summed E-state index contributed by atoms with van der Waals surface area (Å²) in [4.78, 5) is 13.8. The van der Waals surface area contributed by atoms with Crippen molar-refractivity contribution in [2.24, 2.45) is 0 Å². The fraction of sp³-hybridized carbons (Fsp3) is 0.391. The summed E-state index contributed by atoms with van der Waals surface area (Å²) in [5.74, 6) is 0.594. The van der Waals surface area contributed by atoms with Gasteiger partial charge < -0.3 is 10.2 Å². The molecule has 31 heavy (non-hydrogen) atoms. The minimum Gasteiger partial charge on any atom is -0.369 e. The molecule has 2 aromatic carbocycles. The predicted molar refractivity (Wildman–Crippen MR) is 126 cm³/mol. The van der Waals surface area contributed by atoms with Gasteiger partial charge in [-0.25, -0.2) is 18.4 Å². The molecule has 0 saturated carbocycles. The Hall–Kier alpha value is -2.71. The fourth-order valence-electron chi connectivity index (χ4n) is 4.02. The van der Waals surface area contributed by atoms with Crippen LogP contribution >= 0.6 is 0 Å². The van der Waals surface area contributed by atoms with Crippen LogP contribution < -0.4 is 10.2 Å². The lowest BCUT2D eigenvalue weighted by molar-refractivity contribution is 0.209. The Morgan fingerprint density at radius 1 is 1.00 bits per heavy atom. The summed E-state index contributed by atoms with van der Waals surface area (Å²) in [6.45, 7) is 10.7. The molecule has 0 unspecified atom stereocenters. The Morgan fingerprint density at radius 3 is 2.42 bits per heavy atom. The standard InChI is InChI=1S/C23H29N5O2S/c1-16(2)27-7-9-28(10-8-27)19-12-17(3)11-18(13-19)26-23-21-14-20(31(4,29)30)5-6-22(21)24-15-25-23/h5-6,11-16H,7-10H2,1-4H3,(H,24,25,26). The van der Waals surface area contributed by atoms with Gasteiger partial charge in [-0.2, -0.15) is 0 Å². The first-order valence-electron chi connectivity index (χ1n) is 10.5. The molecular formula is C23H29N5O2S. The first kappa shape index (κ1) is 21.5. The number of rotatable bonds is 5. The van der Waals surface area contributed by atoms with Crippen LogP contribution in [0.3, 0.4) is 0 Å². The third-order valence-electron chi connectivity index (χ3n) is 5.77. The molecule has 0 bridgehead atoms. The summed E-state index contributed by atoms with van der Waals surface area (Å²) in [5.41, 5.74) is 3.95. The van der Waals surface area contributed by atoms with Gasteiger partial charge in [0.15, 0.2) is 9.84 Å². The molecule has 8 heteroatoms. The van der Waals surface area contributed by atoms with E-state index in [9.17, 15) is 8.42 Å². The lowest BCUT2D eigenvalue weighted by Crippen LogP contribution is -2.48. The van der Waals surface area contributed by atoms with Gasteiger partial charge in [-0.15, -0.1) is 0 Å². The van der Waals surface area contributed by atoms with E-state index in [1.165, 1.54) is 18.3 Å². The number of benzene rings is 2. The van der Waals surface area contributed by atoms with Crippen LogP contribution in [0, 0.1) is 6.92 Å². The van der Waals surface area contributed by atoms with Crippen molar-refractivity contribution in [3.63, 3.8) is 0 Å². The van der Waals surface area contributed by atoms with Crippen molar-refractivity contribution in [3.8, 4) is 0 Å². The van der Waals surface area contributed by atoms with Crippen LogP contribution in [-0.4, -0.2) is 61.8 Å². The summed E-state index contributed by atoms with van der Waals surface area (Å²) >= 11 is 0. The molecule has 0 radical (unpaired) electrons. The molecule has 4 rings (SSSR count). The average molecular weight is 440 g/mol. The van der Waals surface area contributed by atoms with Gasteiger partial charge in [0.25, 0.3) is 0 Å². The van der Waals surface area contributed by atoms with E-state index in [1.54, 1.807) is 18.2 Å². The summed E-state index contributed by atoms with van der Waals surface area (Å²) in [5, 5.41) is 4.07. The van der Waals surface area contributed by atoms with Gasteiger partial charge in [0.1, 0.15) is 12.1 Å². The normalized spacial score (nSPS) is 15.6. The van der Waals surface area contributed by atoms with Crippen molar-refractivity contribution in [2.45, 2.75) is 31.7 Å². The van der Waals surface area contributed by atoms with Gasteiger partial charge in [-0.3, -0.25) is 4.90 Å². The molecule has 1 N–H and O–H groups in total. The minimum absolute atomic E-state index is 0.255. The van der Waals surface area contributed by atoms with E-state index >= 15 is 0 Å². The second-order valence-electron chi connectivity index (χ2n) is 8.47. The van der Waals surface area contributed by atoms with Gasteiger partial charge >= 0.3 is 0 Å². The molecule has 1 aromatic heterocycles. The number of piperazine rings is 1. The monoisotopic (exact) mass is 439 g/mol. The molecular weight excluding hydrogens is 410 g/mol. The van der Waals surface area contributed by atoms with Gasteiger partial charge in [-0.05, 0) is 62.7 Å². The number of hydrogen-bond donors (Lipinski definition) is 1. The third-order valence-corrected chi connectivity index (χ3v) is 6.88. The first-order chi connectivity index (χ1) is 14.7. The van der Waals surface area contributed by atoms with Crippen molar-refractivity contribution in [1.29, 1.82) is 0 Å². The summed E-state index contributed by atoms with van der Waals surface area (Å²) in [7, 11) is -3.32. The maximum atomic E-state index is 12.0. The zero-order chi connectivity index (χ0) is 22.2. The van der Waals surface area contributed by atoms with E-state index in [2.05, 4.69) is 64.1 Å². The van der Waals surface area contributed by atoms with E-state index < -0.39 is 9.84 Å². The molecule has 1 aliphatic heterocycles. The van der Waals surface area contributed by atoms with E-state index in [0.717, 1.165) is 37.4 Å². The summed E-state index contributed by atoms with van der Waals surface area (Å²) in [6, 6.07) is 11.9. The number of fused-ring (bicyclic) bond motifs is 1. The van der Waals surface area contributed by atoms with Crippen LogP contribution in [0.15, 0.2) is 47.6 Å².